The highest BCUT2D eigenvalue weighted by Crippen LogP contribution is 2.09. The Morgan fingerprint density at radius 1 is 1.27 bits per heavy atom. The van der Waals surface area contributed by atoms with Crippen LogP contribution in [-0.2, 0) is 0 Å². The number of rotatable bonds is 7. The first kappa shape index (κ1) is 11.8. The van der Waals surface area contributed by atoms with Crippen LogP contribution in [-0.4, -0.2) is 6.54 Å². The third-order valence-electron chi connectivity index (χ3n) is 2.24. The summed E-state index contributed by atoms with van der Waals surface area (Å²) in [5.41, 5.74) is 0.860. The van der Waals surface area contributed by atoms with Gasteiger partial charge in [0, 0.05) is 12.2 Å². The molecule has 1 nitrogen and oxygen atoms in total. The van der Waals surface area contributed by atoms with E-state index < -0.39 is 0 Å². The molecule has 0 spiro atoms. The lowest BCUT2D eigenvalue weighted by Gasteiger charge is -2.05. The summed E-state index contributed by atoms with van der Waals surface area (Å²) in [7, 11) is 0. The van der Waals surface area contributed by atoms with Crippen LogP contribution in [0, 0.1) is 5.82 Å². The summed E-state index contributed by atoms with van der Waals surface area (Å²) >= 11 is 0. The molecule has 0 aromatic heterocycles. The predicted octanol–water partition coefficient (Wildman–Crippen LogP) is 3.98. The third kappa shape index (κ3) is 5.21. The van der Waals surface area contributed by atoms with E-state index in [1.807, 2.05) is 12.1 Å². The molecule has 1 N–H and O–H groups in total. The van der Waals surface area contributed by atoms with Gasteiger partial charge in [-0.2, -0.15) is 0 Å². The van der Waals surface area contributed by atoms with Gasteiger partial charge in [0.15, 0.2) is 0 Å². The number of hydrogen-bond acceptors (Lipinski definition) is 1. The zero-order valence-electron chi connectivity index (χ0n) is 9.01. The Morgan fingerprint density at radius 2 is 2.13 bits per heavy atom. The Balaban J connectivity index is 2.12. The fourth-order valence-electron chi connectivity index (χ4n) is 1.42. The summed E-state index contributed by atoms with van der Waals surface area (Å²) < 4.78 is 12.8. The number of nitrogens with one attached hydrogen (secondary N) is 1. The highest BCUT2D eigenvalue weighted by atomic mass is 19.1. The summed E-state index contributed by atoms with van der Waals surface area (Å²) in [5, 5.41) is 3.20. The van der Waals surface area contributed by atoms with E-state index in [2.05, 4.69) is 11.9 Å². The molecule has 0 fully saturated rings. The summed E-state index contributed by atoms with van der Waals surface area (Å²) in [6.07, 6.45) is 6.52. The second-order valence-electron chi connectivity index (χ2n) is 3.58. The van der Waals surface area contributed by atoms with Crippen molar-refractivity contribution in [1.82, 2.24) is 0 Å². The van der Waals surface area contributed by atoms with E-state index in [4.69, 9.17) is 0 Å². The summed E-state index contributed by atoms with van der Waals surface area (Å²) in [5.74, 6) is -0.188. The quantitative estimate of drug-likeness (QED) is 0.526. The maximum absolute atomic E-state index is 12.8. The molecule has 0 amide bonds. The molecule has 15 heavy (non-hydrogen) atoms. The standard InChI is InChI=1S/C13H18FN/c1-2-3-4-5-6-10-15-13-9-7-8-12(14)11-13/h2,7-9,11,15H,1,3-6,10H2. The van der Waals surface area contributed by atoms with E-state index in [0.717, 1.165) is 25.1 Å². The Labute approximate surface area is 91.0 Å². The highest BCUT2D eigenvalue weighted by molar-refractivity contribution is 5.42. The van der Waals surface area contributed by atoms with Gasteiger partial charge in [0.05, 0.1) is 0 Å². The van der Waals surface area contributed by atoms with E-state index in [1.54, 1.807) is 6.07 Å². The molecule has 0 bridgehead atoms. The predicted molar refractivity (Wildman–Crippen MR) is 63.6 cm³/mol. The monoisotopic (exact) mass is 207 g/mol. The van der Waals surface area contributed by atoms with Crippen molar-refractivity contribution in [2.45, 2.75) is 25.7 Å². The average molecular weight is 207 g/mol. The first-order valence-electron chi connectivity index (χ1n) is 5.43. The van der Waals surface area contributed by atoms with Crippen LogP contribution >= 0.6 is 0 Å². The number of halogens is 1. The van der Waals surface area contributed by atoms with Gasteiger partial charge in [-0.3, -0.25) is 0 Å². The Hall–Kier alpha value is -1.31. The number of benzene rings is 1. The minimum atomic E-state index is -0.188. The molecule has 2 heteroatoms. The average Bonchev–Trinajstić information content (AvgIpc) is 2.23. The largest absolute Gasteiger partial charge is 0.385 e. The fourth-order valence-corrected chi connectivity index (χ4v) is 1.42. The van der Waals surface area contributed by atoms with Crippen molar-refractivity contribution in [1.29, 1.82) is 0 Å². The molecule has 0 heterocycles. The summed E-state index contributed by atoms with van der Waals surface area (Å²) in [6.45, 7) is 4.58. The van der Waals surface area contributed by atoms with Crippen LogP contribution < -0.4 is 5.32 Å². The third-order valence-corrected chi connectivity index (χ3v) is 2.24. The number of allylic oxidation sites excluding steroid dienone is 1. The van der Waals surface area contributed by atoms with E-state index in [-0.39, 0.29) is 5.82 Å². The van der Waals surface area contributed by atoms with E-state index in [0.29, 0.717) is 0 Å². The van der Waals surface area contributed by atoms with E-state index >= 15 is 0 Å². The zero-order valence-corrected chi connectivity index (χ0v) is 9.01. The van der Waals surface area contributed by atoms with Crippen molar-refractivity contribution >= 4 is 5.69 Å². The molecule has 0 aliphatic carbocycles. The van der Waals surface area contributed by atoms with Gasteiger partial charge < -0.3 is 5.32 Å². The molecule has 0 saturated heterocycles. The highest BCUT2D eigenvalue weighted by Gasteiger charge is 1.93. The molecule has 1 aromatic carbocycles. The number of hydrogen-bond donors (Lipinski definition) is 1. The van der Waals surface area contributed by atoms with Crippen LogP contribution in [0.3, 0.4) is 0 Å². The van der Waals surface area contributed by atoms with Crippen molar-refractivity contribution in [3.63, 3.8) is 0 Å². The second kappa shape index (κ2) is 7.04. The van der Waals surface area contributed by atoms with Gasteiger partial charge >= 0.3 is 0 Å². The van der Waals surface area contributed by atoms with Crippen LogP contribution in [0.2, 0.25) is 0 Å². The maximum Gasteiger partial charge on any atom is 0.125 e. The molecule has 0 atom stereocenters. The molecule has 82 valence electrons. The van der Waals surface area contributed by atoms with Crippen LogP contribution in [0.5, 0.6) is 0 Å². The zero-order chi connectivity index (χ0) is 10.9. The van der Waals surface area contributed by atoms with Gasteiger partial charge in [-0.1, -0.05) is 18.6 Å². The first-order chi connectivity index (χ1) is 7.33. The molecule has 1 rings (SSSR count). The number of anilines is 1. The number of unbranched alkanes of at least 4 members (excludes halogenated alkanes) is 3. The van der Waals surface area contributed by atoms with Gasteiger partial charge in [0.2, 0.25) is 0 Å². The van der Waals surface area contributed by atoms with Crippen LogP contribution in [0.25, 0.3) is 0 Å². The lowest BCUT2D eigenvalue weighted by Crippen LogP contribution is -2.01. The lowest BCUT2D eigenvalue weighted by molar-refractivity contribution is 0.628. The SMILES string of the molecule is C=CCCCCCNc1cccc(F)c1. The van der Waals surface area contributed by atoms with Gasteiger partial charge in [-0.15, -0.1) is 6.58 Å². The topological polar surface area (TPSA) is 12.0 Å². The molecular weight excluding hydrogens is 189 g/mol. The first-order valence-corrected chi connectivity index (χ1v) is 5.43. The lowest BCUT2D eigenvalue weighted by atomic mass is 10.2. The normalized spacial score (nSPS) is 9.93. The van der Waals surface area contributed by atoms with Crippen molar-refractivity contribution < 1.29 is 4.39 Å². The van der Waals surface area contributed by atoms with Crippen LogP contribution in [0.4, 0.5) is 10.1 Å². The Kier molecular flexibility index (Phi) is 5.52. The minimum Gasteiger partial charge on any atom is -0.385 e. The molecule has 0 radical (unpaired) electrons. The van der Waals surface area contributed by atoms with Crippen molar-refractivity contribution in [3.05, 3.63) is 42.7 Å². The van der Waals surface area contributed by atoms with Crippen LogP contribution in [0.1, 0.15) is 25.7 Å². The molecule has 0 aliphatic heterocycles. The van der Waals surface area contributed by atoms with Crippen molar-refractivity contribution in [2.24, 2.45) is 0 Å². The van der Waals surface area contributed by atoms with Crippen molar-refractivity contribution in [3.8, 4) is 0 Å². The van der Waals surface area contributed by atoms with Crippen LogP contribution in [0.15, 0.2) is 36.9 Å². The van der Waals surface area contributed by atoms with Gasteiger partial charge in [0.25, 0.3) is 0 Å². The summed E-state index contributed by atoms with van der Waals surface area (Å²) in [4.78, 5) is 0. The molecule has 0 unspecified atom stereocenters. The van der Waals surface area contributed by atoms with Crippen molar-refractivity contribution in [2.75, 3.05) is 11.9 Å². The Bertz CT molecular complexity index is 296. The smallest absolute Gasteiger partial charge is 0.125 e. The molecular formula is C13H18FN. The minimum absolute atomic E-state index is 0.188. The molecule has 1 aromatic rings. The fraction of sp³-hybridized carbons (Fsp3) is 0.385. The van der Waals surface area contributed by atoms with Gasteiger partial charge in [0.1, 0.15) is 5.82 Å². The summed E-state index contributed by atoms with van der Waals surface area (Å²) in [6, 6.07) is 6.57. The van der Waals surface area contributed by atoms with E-state index in [1.165, 1.54) is 25.0 Å². The Morgan fingerprint density at radius 3 is 2.87 bits per heavy atom. The second-order valence-corrected chi connectivity index (χ2v) is 3.58. The molecule has 0 aliphatic rings. The molecule has 0 saturated carbocycles. The van der Waals surface area contributed by atoms with E-state index in [9.17, 15) is 4.39 Å². The maximum atomic E-state index is 12.8. The van der Waals surface area contributed by atoms with Gasteiger partial charge in [-0.05, 0) is 37.5 Å². The van der Waals surface area contributed by atoms with Gasteiger partial charge in [-0.25, -0.2) is 4.39 Å².